The highest BCUT2D eigenvalue weighted by atomic mass is 28.3. The molecule has 0 spiro atoms. The fourth-order valence-corrected chi connectivity index (χ4v) is 12.4. The molecule has 6 rings (SSSR count). The first-order chi connectivity index (χ1) is 20.2. The lowest BCUT2D eigenvalue weighted by Crippen LogP contribution is -2.42. The van der Waals surface area contributed by atoms with Gasteiger partial charge in [-0.1, -0.05) is 97.1 Å². The van der Waals surface area contributed by atoms with Crippen LogP contribution < -0.4 is 0 Å². The summed E-state index contributed by atoms with van der Waals surface area (Å²) in [7, 11) is -2.22. The summed E-state index contributed by atoms with van der Waals surface area (Å²) in [5.74, 6) is 0. The molecule has 0 radical (unpaired) electrons. The zero-order valence-electron chi connectivity index (χ0n) is 24.2. The van der Waals surface area contributed by atoms with Gasteiger partial charge in [-0.15, -0.1) is 0 Å². The van der Waals surface area contributed by atoms with Crippen molar-refractivity contribution in [2.75, 3.05) is 0 Å². The Balaban J connectivity index is 1.38. The van der Waals surface area contributed by atoms with Crippen LogP contribution in [-0.4, -0.2) is 8.07 Å². The molecular formula is C36H30F6Si. The molecule has 220 valence electrons. The van der Waals surface area contributed by atoms with E-state index >= 15 is 0 Å². The van der Waals surface area contributed by atoms with E-state index in [1.165, 1.54) is 22.3 Å². The van der Waals surface area contributed by atoms with Crippen LogP contribution in [0, 0.1) is 0 Å². The molecule has 43 heavy (non-hydrogen) atoms. The molecule has 0 saturated carbocycles. The molecule has 0 aliphatic heterocycles. The van der Waals surface area contributed by atoms with Gasteiger partial charge in [0.2, 0.25) is 0 Å². The van der Waals surface area contributed by atoms with Crippen molar-refractivity contribution in [3.8, 4) is 22.3 Å². The third kappa shape index (κ3) is 4.97. The quantitative estimate of drug-likeness (QED) is 0.161. The Morgan fingerprint density at radius 2 is 0.860 bits per heavy atom. The lowest BCUT2D eigenvalue weighted by molar-refractivity contribution is -0.138. The standard InChI is InChI=1S/C36H30F6Si/c1-21-19-31-27(23-11-15-25(16-12-23)35(37,38)39)7-5-9-29(31)33(21)43(3,4)34-22(2)20-32-28(8-6-10-30(32)34)24-13-17-26(18-14-24)36(40,41)42/h5-20,33-34H,1-4H3. The zero-order valence-corrected chi connectivity index (χ0v) is 25.2. The van der Waals surface area contributed by atoms with Crippen LogP contribution in [-0.2, 0) is 12.4 Å². The molecular weight excluding hydrogens is 574 g/mol. The number of halogens is 6. The van der Waals surface area contributed by atoms with Crippen LogP contribution in [0.5, 0.6) is 0 Å². The summed E-state index contributed by atoms with van der Waals surface area (Å²) < 4.78 is 79.1. The van der Waals surface area contributed by atoms with Gasteiger partial charge >= 0.3 is 12.4 Å². The second kappa shape index (κ2) is 10.1. The number of benzene rings is 4. The monoisotopic (exact) mass is 604 g/mol. The van der Waals surface area contributed by atoms with Crippen LogP contribution in [0.15, 0.2) is 96.1 Å². The Bertz CT molecular complexity index is 1640. The number of hydrogen-bond donors (Lipinski definition) is 0. The first-order valence-electron chi connectivity index (χ1n) is 14.2. The Morgan fingerprint density at radius 1 is 0.512 bits per heavy atom. The van der Waals surface area contributed by atoms with Crippen LogP contribution in [0.25, 0.3) is 34.4 Å². The molecule has 4 aromatic carbocycles. The summed E-state index contributed by atoms with van der Waals surface area (Å²) >= 11 is 0. The smallest absolute Gasteiger partial charge is 0.166 e. The number of allylic oxidation sites excluding steroid dienone is 2. The van der Waals surface area contributed by atoms with E-state index in [0.29, 0.717) is 0 Å². The molecule has 0 amide bonds. The molecule has 0 saturated heterocycles. The van der Waals surface area contributed by atoms with Crippen molar-refractivity contribution in [1.29, 1.82) is 0 Å². The first kappa shape index (κ1) is 29.2. The van der Waals surface area contributed by atoms with Gasteiger partial charge in [0.25, 0.3) is 0 Å². The molecule has 2 atom stereocenters. The van der Waals surface area contributed by atoms with Crippen molar-refractivity contribution in [2.45, 2.75) is 50.4 Å². The fourth-order valence-electron chi connectivity index (χ4n) is 7.43. The SMILES string of the molecule is CC1=Cc2c(-c3ccc(C(F)(F)F)cc3)cccc2C1[Si](C)(C)C1C(C)=Cc2c(-c3ccc(C(F)(F)F)cc3)cccc21. The van der Waals surface area contributed by atoms with E-state index < -0.39 is 31.6 Å². The van der Waals surface area contributed by atoms with Crippen molar-refractivity contribution < 1.29 is 26.3 Å². The van der Waals surface area contributed by atoms with Gasteiger partial charge in [-0.3, -0.25) is 0 Å². The maximum atomic E-state index is 13.2. The van der Waals surface area contributed by atoms with Gasteiger partial charge in [-0.25, -0.2) is 0 Å². The van der Waals surface area contributed by atoms with E-state index in [9.17, 15) is 26.3 Å². The molecule has 7 heteroatoms. The summed E-state index contributed by atoms with van der Waals surface area (Å²) in [5.41, 5.74) is 9.37. The van der Waals surface area contributed by atoms with Gasteiger partial charge < -0.3 is 0 Å². The lowest BCUT2D eigenvalue weighted by atomic mass is 9.96. The molecule has 0 bridgehead atoms. The van der Waals surface area contributed by atoms with Gasteiger partial charge in [-0.2, -0.15) is 26.3 Å². The predicted octanol–water partition coefficient (Wildman–Crippen LogP) is 11.5. The van der Waals surface area contributed by atoms with Gasteiger partial charge in [-0.05, 0) is 82.6 Å². The van der Waals surface area contributed by atoms with E-state index in [2.05, 4.69) is 51.2 Å². The molecule has 2 aliphatic carbocycles. The van der Waals surface area contributed by atoms with E-state index in [4.69, 9.17) is 0 Å². The minimum Gasteiger partial charge on any atom is -0.166 e. The Kier molecular flexibility index (Phi) is 6.88. The normalized spacial score (nSPS) is 18.3. The first-order valence-corrected chi connectivity index (χ1v) is 17.3. The van der Waals surface area contributed by atoms with Crippen molar-refractivity contribution in [3.05, 3.63) is 129 Å². The van der Waals surface area contributed by atoms with E-state index in [1.54, 1.807) is 24.3 Å². The minimum atomic E-state index is -4.39. The maximum Gasteiger partial charge on any atom is 0.416 e. The van der Waals surface area contributed by atoms with Gasteiger partial charge in [0.15, 0.2) is 0 Å². The largest absolute Gasteiger partial charge is 0.416 e. The predicted molar refractivity (Wildman–Crippen MR) is 164 cm³/mol. The van der Waals surface area contributed by atoms with Crippen LogP contribution in [0.4, 0.5) is 26.3 Å². The molecule has 0 N–H and O–H groups in total. The van der Waals surface area contributed by atoms with Crippen molar-refractivity contribution >= 4 is 20.2 Å². The Morgan fingerprint density at radius 3 is 1.19 bits per heavy atom. The van der Waals surface area contributed by atoms with E-state index in [0.717, 1.165) is 57.6 Å². The number of rotatable bonds is 4. The third-order valence-electron chi connectivity index (χ3n) is 9.09. The van der Waals surface area contributed by atoms with Gasteiger partial charge in [0.1, 0.15) is 0 Å². The number of fused-ring (bicyclic) bond motifs is 2. The zero-order chi connectivity index (χ0) is 30.9. The molecule has 2 unspecified atom stereocenters. The Labute approximate surface area is 248 Å². The van der Waals surface area contributed by atoms with Crippen LogP contribution in [0.2, 0.25) is 13.1 Å². The van der Waals surface area contributed by atoms with Crippen LogP contribution in [0.3, 0.4) is 0 Å². The molecule has 0 aromatic heterocycles. The average molecular weight is 605 g/mol. The molecule has 0 fully saturated rings. The van der Waals surface area contributed by atoms with Gasteiger partial charge in [0, 0.05) is 11.1 Å². The summed E-state index contributed by atoms with van der Waals surface area (Å²) in [6.07, 6.45) is -4.39. The lowest BCUT2D eigenvalue weighted by Gasteiger charge is -2.39. The molecule has 2 aliphatic rings. The van der Waals surface area contributed by atoms with Crippen molar-refractivity contribution in [3.63, 3.8) is 0 Å². The molecule has 0 nitrogen and oxygen atoms in total. The summed E-state index contributed by atoms with van der Waals surface area (Å²) in [6, 6.07) is 22.9. The maximum absolute atomic E-state index is 13.2. The van der Waals surface area contributed by atoms with Crippen molar-refractivity contribution in [2.24, 2.45) is 0 Å². The summed E-state index contributed by atoms with van der Waals surface area (Å²) in [6.45, 7) is 9.06. The van der Waals surface area contributed by atoms with Gasteiger partial charge in [0.05, 0.1) is 19.2 Å². The second-order valence-corrected chi connectivity index (χ2v) is 17.0. The van der Waals surface area contributed by atoms with E-state index in [1.807, 2.05) is 24.3 Å². The highest BCUT2D eigenvalue weighted by molar-refractivity contribution is 6.81. The minimum absolute atomic E-state index is 0.186. The fraction of sp³-hybridized carbons (Fsp3) is 0.222. The Hall–Kier alpha value is -3.84. The number of hydrogen-bond acceptors (Lipinski definition) is 0. The van der Waals surface area contributed by atoms with Crippen LogP contribution in [0.1, 0.15) is 58.3 Å². The van der Waals surface area contributed by atoms with Crippen LogP contribution >= 0.6 is 0 Å². The topological polar surface area (TPSA) is 0 Å². The highest BCUT2D eigenvalue weighted by Crippen LogP contribution is 2.54. The average Bonchev–Trinajstić information content (AvgIpc) is 3.48. The molecule has 0 heterocycles. The second-order valence-electron chi connectivity index (χ2n) is 12.2. The third-order valence-corrected chi connectivity index (χ3v) is 13.6. The van der Waals surface area contributed by atoms with Crippen molar-refractivity contribution in [1.82, 2.24) is 0 Å². The molecule has 4 aromatic rings. The summed E-state index contributed by atoms with van der Waals surface area (Å²) in [5, 5.41) is 0. The number of alkyl halides is 6. The summed E-state index contributed by atoms with van der Waals surface area (Å²) in [4.78, 5) is 0. The highest BCUT2D eigenvalue weighted by Gasteiger charge is 2.47. The van der Waals surface area contributed by atoms with E-state index in [-0.39, 0.29) is 11.1 Å².